The SMILES string of the molecule is Cc1ccnc(-n2c(SCC(=O)N(c3ccccc3)C(C)C)nc3ccccc3c2=O)c1. The lowest BCUT2D eigenvalue weighted by Gasteiger charge is -2.27. The van der Waals surface area contributed by atoms with Crippen molar-refractivity contribution in [3.8, 4) is 5.82 Å². The van der Waals surface area contributed by atoms with E-state index in [-0.39, 0.29) is 23.3 Å². The van der Waals surface area contributed by atoms with E-state index < -0.39 is 0 Å². The van der Waals surface area contributed by atoms with Crippen LogP contribution in [-0.2, 0) is 4.79 Å². The summed E-state index contributed by atoms with van der Waals surface area (Å²) in [7, 11) is 0. The van der Waals surface area contributed by atoms with Gasteiger partial charge >= 0.3 is 0 Å². The Kier molecular flexibility index (Phi) is 6.37. The molecule has 0 aliphatic carbocycles. The Bertz CT molecular complexity index is 1320. The minimum atomic E-state index is -0.201. The standard InChI is InChI=1S/C25H24N4O2S/c1-17(2)28(19-9-5-4-6-10-19)23(30)16-32-25-27-21-12-8-7-11-20(21)24(31)29(25)22-15-18(3)13-14-26-22/h4-15,17H,16H2,1-3H3. The van der Waals surface area contributed by atoms with Crippen LogP contribution in [-0.4, -0.2) is 32.2 Å². The number of pyridine rings is 1. The fourth-order valence-electron chi connectivity index (χ4n) is 3.57. The molecule has 1 amide bonds. The number of carbonyl (C=O) groups is 1. The van der Waals surface area contributed by atoms with E-state index in [0.29, 0.717) is 21.9 Å². The summed E-state index contributed by atoms with van der Waals surface area (Å²) in [6.07, 6.45) is 1.67. The molecule has 0 bridgehead atoms. The van der Waals surface area contributed by atoms with E-state index in [2.05, 4.69) is 4.98 Å². The summed E-state index contributed by atoms with van der Waals surface area (Å²) in [4.78, 5) is 37.4. The second-order valence-electron chi connectivity index (χ2n) is 7.73. The number of nitrogens with zero attached hydrogens (tertiary/aromatic N) is 4. The van der Waals surface area contributed by atoms with E-state index in [9.17, 15) is 9.59 Å². The predicted octanol–water partition coefficient (Wildman–Crippen LogP) is 4.62. The van der Waals surface area contributed by atoms with Crippen LogP contribution < -0.4 is 10.5 Å². The van der Waals surface area contributed by atoms with Gasteiger partial charge in [-0.25, -0.2) is 14.5 Å². The molecule has 32 heavy (non-hydrogen) atoms. The molecule has 0 atom stereocenters. The third-order valence-electron chi connectivity index (χ3n) is 5.02. The summed E-state index contributed by atoms with van der Waals surface area (Å²) in [5.41, 5.74) is 2.22. The Morgan fingerprint density at radius 1 is 1.06 bits per heavy atom. The highest BCUT2D eigenvalue weighted by Crippen LogP contribution is 2.23. The minimum Gasteiger partial charge on any atom is -0.309 e. The number of hydrogen-bond acceptors (Lipinski definition) is 5. The third-order valence-corrected chi connectivity index (χ3v) is 5.94. The van der Waals surface area contributed by atoms with Gasteiger partial charge in [0.15, 0.2) is 5.16 Å². The number of fused-ring (bicyclic) bond motifs is 1. The normalized spacial score (nSPS) is 11.1. The zero-order valence-electron chi connectivity index (χ0n) is 18.2. The van der Waals surface area contributed by atoms with Crippen LogP contribution in [0.1, 0.15) is 19.4 Å². The largest absolute Gasteiger partial charge is 0.309 e. The lowest BCUT2D eigenvalue weighted by atomic mass is 10.2. The number of para-hydroxylation sites is 2. The molecule has 0 saturated carbocycles. The van der Waals surface area contributed by atoms with Crippen LogP contribution >= 0.6 is 11.8 Å². The van der Waals surface area contributed by atoms with Crippen molar-refractivity contribution in [3.05, 3.63) is 88.8 Å². The summed E-state index contributed by atoms with van der Waals surface area (Å²) < 4.78 is 1.50. The topological polar surface area (TPSA) is 68.1 Å². The van der Waals surface area contributed by atoms with Gasteiger partial charge in [0.05, 0.1) is 16.7 Å². The molecule has 2 aromatic heterocycles. The molecule has 0 aliphatic heterocycles. The molecule has 0 N–H and O–H groups in total. The number of aromatic nitrogens is 3. The van der Waals surface area contributed by atoms with E-state index in [1.807, 2.05) is 75.4 Å². The summed E-state index contributed by atoms with van der Waals surface area (Å²) in [5.74, 6) is 0.582. The molecule has 0 saturated heterocycles. The number of anilines is 1. The lowest BCUT2D eigenvalue weighted by molar-refractivity contribution is -0.116. The molecule has 2 heterocycles. The molecule has 0 radical (unpaired) electrons. The van der Waals surface area contributed by atoms with Crippen LogP contribution in [0, 0.1) is 6.92 Å². The number of hydrogen-bond donors (Lipinski definition) is 0. The monoisotopic (exact) mass is 444 g/mol. The van der Waals surface area contributed by atoms with Gasteiger partial charge in [-0.15, -0.1) is 0 Å². The molecule has 0 unspecified atom stereocenters. The van der Waals surface area contributed by atoms with Crippen molar-refractivity contribution in [1.82, 2.24) is 14.5 Å². The molecule has 0 aliphatic rings. The van der Waals surface area contributed by atoms with Crippen molar-refractivity contribution in [2.24, 2.45) is 0 Å². The molecule has 162 valence electrons. The summed E-state index contributed by atoms with van der Waals surface area (Å²) in [6.45, 7) is 5.91. The molecule has 7 heteroatoms. The first kappa shape index (κ1) is 21.8. The van der Waals surface area contributed by atoms with Crippen molar-refractivity contribution in [1.29, 1.82) is 0 Å². The maximum atomic E-state index is 13.3. The lowest BCUT2D eigenvalue weighted by Crippen LogP contribution is -2.38. The third kappa shape index (κ3) is 4.43. The van der Waals surface area contributed by atoms with Crippen molar-refractivity contribution in [2.75, 3.05) is 10.7 Å². The molecule has 0 fully saturated rings. The van der Waals surface area contributed by atoms with Crippen LogP contribution in [0.3, 0.4) is 0 Å². The van der Waals surface area contributed by atoms with E-state index >= 15 is 0 Å². The first-order valence-corrected chi connectivity index (χ1v) is 11.4. The zero-order chi connectivity index (χ0) is 22.7. The van der Waals surface area contributed by atoms with Crippen LogP contribution in [0.5, 0.6) is 0 Å². The summed E-state index contributed by atoms with van der Waals surface area (Å²) in [6, 6.07) is 20.5. The smallest absolute Gasteiger partial charge is 0.267 e. The number of aryl methyl sites for hydroxylation is 1. The van der Waals surface area contributed by atoms with Gasteiger partial charge in [-0.1, -0.05) is 42.1 Å². The summed E-state index contributed by atoms with van der Waals surface area (Å²) in [5, 5.41) is 0.955. The zero-order valence-corrected chi connectivity index (χ0v) is 19.0. The average molecular weight is 445 g/mol. The first-order valence-electron chi connectivity index (χ1n) is 10.4. The Morgan fingerprint density at radius 2 is 1.78 bits per heavy atom. The second-order valence-corrected chi connectivity index (χ2v) is 8.67. The predicted molar refractivity (Wildman–Crippen MR) is 130 cm³/mol. The van der Waals surface area contributed by atoms with Gasteiger partial charge in [0, 0.05) is 17.9 Å². The Balaban J connectivity index is 1.73. The quantitative estimate of drug-likeness (QED) is 0.321. The molecular weight excluding hydrogens is 420 g/mol. The van der Waals surface area contributed by atoms with Crippen molar-refractivity contribution >= 4 is 34.3 Å². The fourth-order valence-corrected chi connectivity index (χ4v) is 4.43. The van der Waals surface area contributed by atoms with Crippen molar-refractivity contribution < 1.29 is 4.79 Å². The molecular formula is C25H24N4O2S. The molecule has 4 aromatic rings. The van der Waals surface area contributed by atoms with E-state index in [1.54, 1.807) is 23.2 Å². The van der Waals surface area contributed by atoms with Crippen LogP contribution in [0.4, 0.5) is 5.69 Å². The van der Waals surface area contributed by atoms with Gasteiger partial charge in [-0.05, 0) is 62.7 Å². The molecule has 6 nitrogen and oxygen atoms in total. The maximum Gasteiger partial charge on any atom is 0.267 e. The van der Waals surface area contributed by atoms with Crippen molar-refractivity contribution in [2.45, 2.75) is 32.0 Å². The second kappa shape index (κ2) is 9.36. The summed E-state index contributed by atoms with van der Waals surface area (Å²) >= 11 is 1.25. The number of benzene rings is 2. The molecule has 4 rings (SSSR count). The van der Waals surface area contributed by atoms with E-state index in [0.717, 1.165) is 11.3 Å². The van der Waals surface area contributed by atoms with Crippen molar-refractivity contribution in [3.63, 3.8) is 0 Å². The van der Waals surface area contributed by atoms with Gasteiger partial charge in [0.1, 0.15) is 5.82 Å². The number of thioether (sulfide) groups is 1. The Labute approximate surface area is 190 Å². The highest BCUT2D eigenvalue weighted by atomic mass is 32.2. The van der Waals surface area contributed by atoms with Crippen LogP contribution in [0.2, 0.25) is 0 Å². The minimum absolute atomic E-state index is 0.00399. The fraction of sp³-hybridized carbons (Fsp3) is 0.200. The highest BCUT2D eigenvalue weighted by Gasteiger charge is 2.21. The number of rotatable bonds is 6. The van der Waals surface area contributed by atoms with Gasteiger partial charge in [-0.3, -0.25) is 9.59 Å². The van der Waals surface area contributed by atoms with Gasteiger partial charge in [0.25, 0.3) is 5.56 Å². The molecule has 0 spiro atoms. The van der Waals surface area contributed by atoms with Crippen LogP contribution in [0.15, 0.2) is 82.9 Å². The molecule has 2 aromatic carbocycles. The maximum absolute atomic E-state index is 13.3. The first-order chi connectivity index (χ1) is 15.5. The van der Waals surface area contributed by atoms with E-state index in [1.165, 1.54) is 16.3 Å². The van der Waals surface area contributed by atoms with Gasteiger partial charge in [0.2, 0.25) is 5.91 Å². The Hall–Kier alpha value is -3.45. The number of carbonyl (C=O) groups excluding carboxylic acids is 1. The van der Waals surface area contributed by atoms with Crippen LogP contribution in [0.25, 0.3) is 16.7 Å². The number of amides is 1. The van der Waals surface area contributed by atoms with Gasteiger partial charge in [-0.2, -0.15) is 0 Å². The highest BCUT2D eigenvalue weighted by molar-refractivity contribution is 7.99. The van der Waals surface area contributed by atoms with Gasteiger partial charge < -0.3 is 4.90 Å². The average Bonchev–Trinajstić information content (AvgIpc) is 2.78. The Morgan fingerprint density at radius 3 is 2.50 bits per heavy atom. The van der Waals surface area contributed by atoms with E-state index in [4.69, 9.17) is 4.98 Å².